The molecule has 2 heterocycles. The molecule has 0 aliphatic carbocycles. The van der Waals surface area contributed by atoms with Crippen molar-refractivity contribution in [3.05, 3.63) is 0 Å². The van der Waals surface area contributed by atoms with Crippen LogP contribution in [0.5, 0.6) is 0 Å². The van der Waals surface area contributed by atoms with E-state index >= 15 is 0 Å². The van der Waals surface area contributed by atoms with Gasteiger partial charge in [-0.3, -0.25) is 4.79 Å². The van der Waals surface area contributed by atoms with Crippen molar-refractivity contribution in [2.24, 2.45) is 5.92 Å². The first-order chi connectivity index (χ1) is 9.94. The lowest BCUT2D eigenvalue weighted by molar-refractivity contribution is -0.163. The van der Waals surface area contributed by atoms with Crippen molar-refractivity contribution in [1.82, 2.24) is 0 Å². The highest BCUT2D eigenvalue weighted by Gasteiger charge is 2.33. The first-order valence-corrected chi connectivity index (χ1v) is 9.06. The van der Waals surface area contributed by atoms with Gasteiger partial charge in [0.15, 0.2) is 6.29 Å². The molecule has 2 rings (SSSR count). The molecule has 21 heavy (non-hydrogen) atoms. The molecule has 2 aliphatic heterocycles. The zero-order valence-corrected chi connectivity index (χ0v) is 14.2. The summed E-state index contributed by atoms with van der Waals surface area (Å²) in [5.74, 6) is 0.874. The maximum atomic E-state index is 12.0. The Morgan fingerprint density at radius 1 is 1.33 bits per heavy atom. The second kappa shape index (κ2) is 7.84. The zero-order valence-electron chi connectivity index (χ0n) is 13.4. The summed E-state index contributed by atoms with van der Waals surface area (Å²) < 4.78 is 16.8. The summed E-state index contributed by atoms with van der Waals surface area (Å²) in [6.07, 6.45) is 5.25. The van der Waals surface area contributed by atoms with Crippen LogP contribution in [0.25, 0.3) is 0 Å². The van der Waals surface area contributed by atoms with Crippen LogP contribution in [0, 0.1) is 5.92 Å². The Morgan fingerprint density at radius 2 is 2.14 bits per heavy atom. The van der Waals surface area contributed by atoms with E-state index in [0.717, 1.165) is 44.6 Å². The summed E-state index contributed by atoms with van der Waals surface area (Å²) >= 11 is 1.87. The van der Waals surface area contributed by atoms with Crippen LogP contribution < -0.4 is 0 Å². The first kappa shape index (κ1) is 17.1. The fourth-order valence-corrected chi connectivity index (χ4v) is 4.04. The maximum Gasteiger partial charge on any atom is 0.310 e. The van der Waals surface area contributed by atoms with Crippen molar-refractivity contribution in [3.8, 4) is 0 Å². The van der Waals surface area contributed by atoms with Gasteiger partial charge in [-0.05, 0) is 52.9 Å². The van der Waals surface area contributed by atoms with Crippen LogP contribution in [-0.4, -0.2) is 42.1 Å². The molecule has 0 aromatic carbocycles. The Bertz CT molecular complexity index is 334. The molecule has 0 bridgehead atoms. The topological polar surface area (TPSA) is 44.8 Å². The molecule has 0 aromatic heterocycles. The number of rotatable bonds is 5. The van der Waals surface area contributed by atoms with E-state index in [1.54, 1.807) is 0 Å². The molecule has 0 aromatic rings. The molecule has 4 nitrogen and oxygen atoms in total. The molecule has 3 atom stereocenters. The minimum Gasteiger partial charge on any atom is -0.460 e. The van der Waals surface area contributed by atoms with Crippen molar-refractivity contribution in [3.63, 3.8) is 0 Å². The third kappa shape index (κ3) is 6.17. The van der Waals surface area contributed by atoms with Crippen molar-refractivity contribution in [2.75, 3.05) is 19.0 Å². The Hall–Kier alpha value is -0.260. The zero-order chi connectivity index (χ0) is 15.3. The molecule has 2 saturated heterocycles. The third-order valence-corrected chi connectivity index (χ3v) is 5.20. The number of thioether (sulfide) groups is 1. The third-order valence-electron chi connectivity index (χ3n) is 3.70. The Labute approximate surface area is 132 Å². The van der Waals surface area contributed by atoms with Crippen LogP contribution in [0.3, 0.4) is 0 Å². The van der Waals surface area contributed by atoms with Gasteiger partial charge in [0.05, 0.1) is 12.5 Å². The van der Waals surface area contributed by atoms with E-state index in [1.165, 1.54) is 6.42 Å². The number of hydrogen-bond donors (Lipinski definition) is 0. The van der Waals surface area contributed by atoms with E-state index in [1.807, 2.05) is 32.5 Å². The minimum atomic E-state index is -0.388. The molecule has 5 heteroatoms. The van der Waals surface area contributed by atoms with Gasteiger partial charge in [0.1, 0.15) is 5.60 Å². The van der Waals surface area contributed by atoms with Gasteiger partial charge in [0, 0.05) is 17.6 Å². The largest absolute Gasteiger partial charge is 0.460 e. The van der Waals surface area contributed by atoms with Gasteiger partial charge in [-0.1, -0.05) is 0 Å². The summed E-state index contributed by atoms with van der Waals surface area (Å²) in [6, 6.07) is 0. The second-order valence-corrected chi connectivity index (χ2v) is 8.21. The highest BCUT2D eigenvalue weighted by Crippen LogP contribution is 2.35. The Morgan fingerprint density at radius 3 is 2.81 bits per heavy atom. The number of carbonyl (C=O) groups excluding carboxylic acids is 1. The van der Waals surface area contributed by atoms with E-state index in [4.69, 9.17) is 14.2 Å². The summed E-state index contributed by atoms with van der Waals surface area (Å²) in [5.41, 5.74) is -0.388. The number of esters is 1. The summed E-state index contributed by atoms with van der Waals surface area (Å²) in [6.45, 7) is 7.31. The lowest BCUT2D eigenvalue weighted by Crippen LogP contribution is -2.29. The van der Waals surface area contributed by atoms with Crippen molar-refractivity contribution < 1.29 is 19.0 Å². The van der Waals surface area contributed by atoms with Gasteiger partial charge >= 0.3 is 5.97 Å². The average molecular weight is 316 g/mol. The van der Waals surface area contributed by atoms with Gasteiger partial charge in [0.25, 0.3) is 0 Å². The highest BCUT2D eigenvalue weighted by molar-refractivity contribution is 8.00. The standard InChI is InChI=1S/C16H28O4S/c1-16(2,3)20-15(17)12-10-13(21-11-12)7-9-19-14-6-4-5-8-18-14/h12-14H,4-11H2,1-3H3. The smallest absolute Gasteiger partial charge is 0.310 e. The highest BCUT2D eigenvalue weighted by atomic mass is 32.2. The van der Waals surface area contributed by atoms with Gasteiger partial charge in [0.2, 0.25) is 0 Å². The molecule has 3 unspecified atom stereocenters. The molecule has 0 N–H and O–H groups in total. The molecule has 2 aliphatic rings. The number of ether oxygens (including phenoxy) is 3. The lowest BCUT2D eigenvalue weighted by atomic mass is 10.0. The van der Waals surface area contributed by atoms with Gasteiger partial charge in [-0.15, -0.1) is 0 Å². The van der Waals surface area contributed by atoms with Gasteiger partial charge in [-0.2, -0.15) is 11.8 Å². The maximum absolute atomic E-state index is 12.0. The van der Waals surface area contributed by atoms with Crippen LogP contribution in [0.15, 0.2) is 0 Å². The minimum absolute atomic E-state index is 0.00759. The fourth-order valence-electron chi connectivity index (χ4n) is 2.63. The normalized spacial score (nSPS) is 30.3. The van der Waals surface area contributed by atoms with Crippen LogP contribution in [-0.2, 0) is 19.0 Å². The molecular formula is C16H28O4S. The van der Waals surface area contributed by atoms with Crippen LogP contribution in [0.2, 0.25) is 0 Å². The Balaban J connectivity index is 1.62. The van der Waals surface area contributed by atoms with Gasteiger partial charge in [-0.25, -0.2) is 0 Å². The molecular weight excluding hydrogens is 288 g/mol. The van der Waals surface area contributed by atoms with E-state index in [0.29, 0.717) is 5.25 Å². The molecule has 0 saturated carbocycles. The predicted octanol–water partition coefficient (Wildman–Crippen LogP) is 3.38. The Kier molecular flexibility index (Phi) is 6.38. The fraction of sp³-hybridized carbons (Fsp3) is 0.938. The van der Waals surface area contributed by atoms with Crippen molar-refractivity contribution in [2.45, 2.75) is 70.0 Å². The van der Waals surface area contributed by atoms with Crippen molar-refractivity contribution in [1.29, 1.82) is 0 Å². The van der Waals surface area contributed by atoms with Gasteiger partial charge < -0.3 is 14.2 Å². The monoisotopic (exact) mass is 316 g/mol. The van der Waals surface area contributed by atoms with E-state index < -0.39 is 0 Å². The van der Waals surface area contributed by atoms with Crippen LogP contribution >= 0.6 is 11.8 Å². The quantitative estimate of drug-likeness (QED) is 0.728. The van der Waals surface area contributed by atoms with E-state index in [2.05, 4.69) is 0 Å². The first-order valence-electron chi connectivity index (χ1n) is 8.02. The van der Waals surface area contributed by atoms with Crippen molar-refractivity contribution >= 4 is 17.7 Å². The predicted molar refractivity (Wildman–Crippen MR) is 84.4 cm³/mol. The molecule has 0 spiro atoms. The molecule has 122 valence electrons. The van der Waals surface area contributed by atoms with E-state index in [-0.39, 0.29) is 23.8 Å². The number of carbonyl (C=O) groups is 1. The average Bonchev–Trinajstić information content (AvgIpc) is 2.87. The van der Waals surface area contributed by atoms with Crippen LogP contribution in [0.1, 0.15) is 52.9 Å². The van der Waals surface area contributed by atoms with E-state index in [9.17, 15) is 4.79 Å². The summed E-state index contributed by atoms with van der Waals surface area (Å²) in [7, 11) is 0. The number of hydrogen-bond acceptors (Lipinski definition) is 5. The summed E-state index contributed by atoms with van der Waals surface area (Å²) in [5, 5.41) is 0.506. The molecule has 2 fully saturated rings. The molecule has 0 amide bonds. The van der Waals surface area contributed by atoms with Crippen LogP contribution in [0.4, 0.5) is 0 Å². The summed E-state index contributed by atoms with van der Waals surface area (Å²) in [4.78, 5) is 12.0. The molecule has 0 radical (unpaired) electrons. The SMILES string of the molecule is CC(C)(C)OC(=O)C1CSC(CCOC2CCCCO2)C1. The second-order valence-electron chi connectivity index (χ2n) is 6.88. The lowest BCUT2D eigenvalue weighted by Gasteiger charge is -2.23.